The molecule has 0 radical (unpaired) electrons. The third-order valence-corrected chi connectivity index (χ3v) is 3.80. The molecule has 6 heteroatoms. The quantitative estimate of drug-likeness (QED) is 0.817. The van der Waals surface area contributed by atoms with Crippen molar-refractivity contribution in [2.24, 2.45) is 5.92 Å². The van der Waals surface area contributed by atoms with Gasteiger partial charge in [-0.25, -0.2) is 4.79 Å². The Kier molecular flexibility index (Phi) is 5.82. The molecule has 1 amide bonds. The number of nitrogens with one attached hydrogen (secondary N) is 2. The number of aromatic nitrogens is 1. The molecule has 0 aromatic carbocycles. The Labute approximate surface area is 137 Å². The molecule has 23 heavy (non-hydrogen) atoms. The number of piperidine rings is 1. The number of alkyl carbamates (subject to hydrolysis) is 1. The van der Waals surface area contributed by atoms with Crippen LogP contribution < -0.4 is 5.32 Å². The second-order valence-electron chi connectivity index (χ2n) is 7.13. The minimum atomic E-state index is -0.481. The van der Waals surface area contributed by atoms with Crippen LogP contribution in [0.4, 0.5) is 4.79 Å². The fourth-order valence-corrected chi connectivity index (χ4v) is 2.80. The highest BCUT2D eigenvalue weighted by molar-refractivity contribution is 5.95. The summed E-state index contributed by atoms with van der Waals surface area (Å²) in [5.74, 6) is 0.462. The summed E-state index contributed by atoms with van der Waals surface area (Å²) < 4.78 is 5.25. The molecule has 128 valence electrons. The number of hydrogen-bond donors (Lipinski definition) is 2. The molecule has 1 unspecified atom stereocenters. The highest BCUT2D eigenvalue weighted by atomic mass is 16.6. The van der Waals surface area contributed by atoms with Crippen LogP contribution in [0.1, 0.15) is 44.1 Å². The first-order chi connectivity index (χ1) is 10.8. The lowest BCUT2D eigenvalue weighted by atomic mass is 9.97. The number of aromatic amines is 1. The first-order valence-electron chi connectivity index (χ1n) is 8.19. The maximum atomic E-state index is 12.1. The van der Waals surface area contributed by atoms with E-state index in [0.717, 1.165) is 25.9 Å². The summed E-state index contributed by atoms with van der Waals surface area (Å²) in [4.78, 5) is 29.0. The van der Waals surface area contributed by atoms with E-state index in [1.54, 1.807) is 12.3 Å². The summed E-state index contributed by atoms with van der Waals surface area (Å²) in [6.07, 6.45) is 3.48. The SMILES string of the molecule is CC(C)(C)OC(=O)NCC1CCCN(CC(=O)c2ccc[nH]2)C1. The van der Waals surface area contributed by atoms with Crippen LogP contribution in [0.25, 0.3) is 0 Å². The van der Waals surface area contributed by atoms with Gasteiger partial charge in [0.2, 0.25) is 0 Å². The monoisotopic (exact) mass is 321 g/mol. The number of ketones is 1. The van der Waals surface area contributed by atoms with E-state index >= 15 is 0 Å². The Balaban J connectivity index is 1.75. The van der Waals surface area contributed by atoms with E-state index in [4.69, 9.17) is 4.74 Å². The summed E-state index contributed by atoms with van der Waals surface area (Å²) >= 11 is 0. The van der Waals surface area contributed by atoms with Crippen molar-refractivity contribution in [3.8, 4) is 0 Å². The average molecular weight is 321 g/mol. The zero-order valence-electron chi connectivity index (χ0n) is 14.2. The maximum Gasteiger partial charge on any atom is 0.407 e. The first kappa shape index (κ1) is 17.5. The molecule has 1 aromatic heterocycles. The molecule has 0 aliphatic carbocycles. The third-order valence-electron chi connectivity index (χ3n) is 3.80. The van der Waals surface area contributed by atoms with Crippen LogP contribution in [0.15, 0.2) is 18.3 Å². The van der Waals surface area contributed by atoms with Gasteiger partial charge in [-0.2, -0.15) is 0 Å². The molecule has 6 nitrogen and oxygen atoms in total. The minimum Gasteiger partial charge on any atom is -0.444 e. The van der Waals surface area contributed by atoms with Crippen molar-refractivity contribution in [2.45, 2.75) is 39.2 Å². The van der Waals surface area contributed by atoms with E-state index in [-0.39, 0.29) is 11.9 Å². The van der Waals surface area contributed by atoms with Crippen LogP contribution in [0, 0.1) is 5.92 Å². The van der Waals surface area contributed by atoms with E-state index in [1.165, 1.54) is 0 Å². The number of likely N-dealkylation sites (tertiary alicyclic amines) is 1. The Hall–Kier alpha value is -1.82. The summed E-state index contributed by atoms with van der Waals surface area (Å²) in [5, 5.41) is 2.83. The van der Waals surface area contributed by atoms with Crippen LogP contribution in [-0.2, 0) is 4.74 Å². The highest BCUT2D eigenvalue weighted by Gasteiger charge is 2.23. The Morgan fingerprint density at radius 1 is 1.43 bits per heavy atom. The van der Waals surface area contributed by atoms with Gasteiger partial charge in [0.15, 0.2) is 5.78 Å². The molecular weight excluding hydrogens is 294 g/mol. The lowest BCUT2D eigenvalue weighted by Crippen LogP contribution is -2.43. The number of carbonyl (C=O) groups is 2. The Morgan fingerprint density at radius 3 is 2.87 bits per heavy atom. The standard InChI is InChI=1S/C17H27N3O3/c1-17(2,3)23-16(22)19-10-13-6-5-9-20(11-13)12-15(21)14-7-4-8-18-14/h4,7-8,13,18H,5-6,9-12H2,1-3H3,(H,19,22). The van der Waals surface area contributed by atoms with E-state index in [9.17, 15) is 9.59 Å². The van der Waals surface area contributed by atoms with Gasteiger partial charge in [0, 0.05) is 19.3 Å². The summed E-state index contributed by atoms with van der Waals surface area (Å²) in [6, 6.07) is 3.63. The molecule has 2 heterocycles. The van der Waals surface area contributed by atoms with Crippen LogP contribution in [0.2, 0.25) is 0 Å². The predicted octanol–water partition coefficient (Wildman–Crippen LogP) is 2.43. The fourth-order valence-electron chi connectivity index (χ4n) is 2.80. The van der Waals surface area contributed by atoms with Crippen molar-refractivity contribution in [1.82, 2.24) is 15.2 Å². The minimum absolute atomic E-state index is 0.107. The summed E-state index contributed by atoms with van der Waals surface area (Å²) in [6.45, 7) is 8.30. The maximum absolute atomic E-state index is 12.1. The zero-order valence-corrected chi connectivity index (χ0v) is 14.2. The average Bonchev–Trinajstić information content (AvgIpc) is 2.98. The van der Waals surface area contributed by atoms with Gasteiger partial charge in [0.1, 0.15) is 5.60 Å². The van der Waals surface area contributed by atoms with Gasteiger partial charge < -0.3 is 15.0 Å². The van der Waals surface area contributed by atoms with Gasteiger partial charge in [-0.15, -0.1) is 0 Å². The van der Waals surface area contributed by atoms with E-state index < -0.39 is 5.60 Å². The second-order valence-corrected chi connectivity index (χ2v) is 7.13. The lowest BCUT2D eigenvalue weighted by molar-refractivity contribution is 0.0504. The normalized spacial score (nSPS) is 19.3. The number of H-pyrrole nitrogens is 1. The zero-order chi connectivity index (χ0) is 16.9. The van der Waals surface area contributed by atoms with Crippen molar-refractivity contribution in [3.05, 3.63) is 24.0 Å². The number of ether oxygens (including phenoxy) is 1. The number of nitrogens with zero attached hydrogens (tertiary/aromatic N) is 1. The molecular formula is C17H27N3O3. The van der Waals surface area contributed by atoms with Crippen LogP contribution in [0.5, 0.6) is 0 Å². The molecule has 2 rings (SSSR count). The molecule has 0 bridgehead atoms. The van der Waals surface area contributed by atoms with E-state index in [2.05, 4.69) is 15.2 Å². The van der Waals surface area contributed by atoms with Gasteiger partial charge in [-0.3, -0.25) is 9.69 Å². The van der Waals surface area contributed by atoms with Crippen molar-refractivity contribution in [2.75, 3.05) is 26.2 Å². The molecule has 1 aliphatic rings. The Bertz CT molecular complexity index is 520. The number of carbonyl (C=O) groups excluding carboxylic acids is 2. The molecule has 1 saturated heterocycles. The van der Waals surface area contributed by atoms with Crippen molar-refractivity contribution in [3.63, 3.8) is 0 Å². The van der Waals surface area contributed by atoms with Gasteiger partial charge in [-0.05, 0) is 58.2 Å². The summed E-state index contributed by atoms with van der Waals surface area (Å²) in [5.41, 5.74) is 0.171. The lowest BCUT2D eigenvalue weighted by Gasteiger charge is -2.32. The van der Waals surface area contributed by atoms with Crippen LogP contribution in [0.3, 0.4) is 0 Å². The number of rotatable bonds is 5. The fraction of sp³-hybridized carbons (Fsp3) is 0.647. The summed E-state index contributed by atoms with van der Waals surface area (Å²) in [7, 11) is 0. The molecule has 1 atom stereocenters. The second kappa shape index (κ2) is 7.64. The van der Waals surface area contributed by atoms with Gasteiger partial charge in [0.25, 0.3) is 0 Å². The van der Waals surface area contributed by atoms with Crippen LogP contribution in [-0.4, -0.2) is 53.5 Å². The smallest absolute Gasteiger partial charge is 0.407 e. The largest absolute Gasteiger partial charge is 0.444 e. The first-order valence-corrected chi connectivity index (χ1v) is 8.19. The van der Waals surface area contributed by atoms with E-state index in [0.29, 0.717) is 24.7 Å². The van der Waals surface area contributed by atoms with Crippen LogP contribution >= 0.6 is 0 Å². The Morgan fingerprint density at radius 2 is 2.22 bits per heavy atom. The number of amides is 1. The van der Waals surface area contributed by atoms with Crippen molar-refractivity contribution >= 4 is 11.9 Å². The number of Topliss-reactive ketones (excluding diaryl/α,β-unsaturated/α-hetero) is 1. The van der Waals surface area contributed by atoms with Crippen molar-refractivity contribution in [1.29, 1.82) is 0 Å². The molecule has 2 N–H and O–H groups in total. The topological polar surface area (TPSA) is 74.4 Å². The third kappa shape index (κ3) is 6.06. The van der Waals surface area contributed by atoms with Gasteiger partial charge >= 0.3 is 6.09 Å². The molecule has 0 saturated carbocycles. The van der Waals surface area contributed by atoms with Gasteiger partial charge in [0.05, 0.1) is 12.2 Å². The predicted molar refractivity (Wildman–Crippen MR) is 88.5 cm³/mol. The highest BCUT2D eigenvalue weighted by Crippen LogP contribution is 2.16. The number of hydrogen-bond acceptors (Lipinski definition) is 4. The molecule has 1 aromatic rings. The van der Waals surface area contributed by atoms with E-state index in [1.807, 2.05) is 26.8 Å². The molecule has 0 spiro atoms. The van der Waals surface area contributed by atoms with Crippen molar-refractivity contribution < 1.29 is 14.3 Å². The molecule has 1 fully saturated rings. The van der Waals surface area contributed by atoms with Gasteiger partial charge in [-0.1, -0.05) is 0 Å². The molecule has 1 aliphatic heterocycles.